The van der Waals surface area contributed by atoms with Crippen LogP contribution in [0.15, 0.2) is 33.7 Å². The van der Waals surface area contributed by atoms with E-state index in [2.05, 4.69) is 75.7 Å². The molecule has 3 heterocycles. The quantitative estimate of drug-likeness (QED) is 0.581. The summed E-state index contributed by atoms with van der Waals surface area (Å²) >= 11 is 5.30. The van der Waals surface area contributed by atoms with Crippen LogP contribution in [-0.2, 0) is 0 Å². The third-order valence-corrected chi connectivity index (χ3v) is 6.19. The van der Waals surface area contributed by atoms with Gasteiger partial charge in [-0.25, -0.2) is 0 Å². The Bertz CT molecular complexity index is 966. The highest BCUT2D eigenvalue weighted by atomic mass is 79.9. The highest BCUT2D eigenvalue weighted by Gasteiger charge is 2.29. The van der Waals surface area contributed by atoms with Crippen molar-refractivity contribution in [2.24, 2.45) is 4.99 Å². The zero-order chi connectivity index (χ0) is 17.0. The minimum absolute atomic E-state index is 0.0378. The molecule has 1 atom stereocenters. The molecule has 0 fully saturated rings. The topological polar surface area (TPSA) is 43.1 Å². The van der Waals surface area contributed by atoms with Crippen LogP contribution in [0.4, 0.5) is 0 Å². The number of hydrogen-bond acceptors (Lipinski definition) is 4. The van der Waals surface area contributed by atoms with Gasteiger partial charge in [0.15, 0.2) is 5.82 Å². The van der Waals surface area contributed by atoms with Crippen LogP contribution in [0.2, 0.25) is 0 Å². The average molecular weight is 401 g/mol. The van der Waals surface area contributed by atoms with E-state index in [-0.39, 0.29) is 6.04 Å². The SMILES string of the molecule is Cc1sc2c(c1C)C(c1ccc(Br)cc1)=NC(C)c1nnc(C)n1-2. The van der Waals surface area contributed by atoms with Crippen molar-refractivity contribution in [3.05, 3.63) is 62.0 Å². The fourth-order valence-corrected chi connectivity index (χ4v) is 4.57. The number of benzene rings is 1. The van der Waals surface area contributed by atoms with Crippen molar-refractivity contribution in [1.82, 2.24) is 14.8 Å². The number of halogens is 1. The van der Waals surface area contributed by atoms with Crippen LogP contribution in [0.25, 0.3) is 5.00 Å². The molecule has 0 radical (unpaired) electrons. The van der Waals surface area contributed by atoms with E-state index in [0.29, 0.717) is 0 Å². The van der Waals surface area contributed by atoms with Crippen LogP contribution in [0.3, 0.4) is 0 Å². The number of nitrogens with zero attached hydrogens (tertiary/aromatic N) is 4. The second-order valence-electron chi connectivity index (χ2n) is 6.06. The summed E-state index contributed by atoms with van der Waals surface area (Å²) in [6, 6.07) is 8.32. The molecule has 3 aromatic rings. The summed E-state index contributed by atoms with van der Waals surface area (Å²) < 4.78 is 3.24. The molecule has 0 bridgehead atoms. The lowest BCUT2D eigenvalue weighted by molar-refractivity contribution is 0.724. The Balaban J connectivity index is 2.04. The summed E-state index contributed by atoms with van der Waals surface area (Å²) in [5.41, 5.74) is 4.65. The van der Waals surface area contributed by atoms with Gasteiger partial charge in [-0.1, -0.05) is 28.1 Å². The van der Waals surface area contributed by atoms with E-state index in [1.165, 1.54) is 21.0 Å². The van der Waals surface area contributed by atoms with Gasteiger partial charge < -0.3 is 0 Å². The first-order valence-electron chi connectivity index (χ1n) is 7.83. The maximum Gasteiger partial charge on any atom is 0.162 e. The predicted molar refractivity (Wildman–Crippen MR) is 102 cm³/mol. The Morgan fingerprint density at radius 3 is 2.50 bits per heavy atom. The Morgan fingerprint density at radius 2 is 1.79 bits per heavy atom. The van der Waals surface area contributed by atoms with E-state index in [4.69, 9.17) is 4.99 Å². The van der Waals surface area contributed by atoms with Gasteiger partial charge in [-0.3, -0.25) is 9.56 Å². The highest BCUT2D eigenvalue weighted by molar-refractivity contribution is 9.10. The van der Waals surface area contributed by atoms with Crippen molar-refractivity contribution < 1.29 is 0 Å². The third-order valence-electron chi connectivity index (χ3n) is 4.47. The largest absolute Gasteiger partial charge is 0.273 e. The van der Waals surface area contributed by atoms with E-state index in [1.54, 1.807) is 11.3 Å². The van der Waals surface area contributed by atoms with Gasteiger partial charge >= 0.3 is 0 Å². The van der Waals surface area contributed by atoms with Gasteiger partial charge in [0.2, 0.25) is 0 Å². The number of aliphatic imine (C=N–C) groups is 1. The summed E-state index contributed by atoms with van der Waals surface area (Å²) in [5, 5.41) is 9.84. The van der Waals surface area contributed by atoms with E-state index >= 15 is 0 Å². The first kappa shape index (κ1) is 15.7. The standard InChI is InChI=1S/C18H17BrN4S/c1-9-11(3)24-18-15(9)16(13-5-7-14(19)8-6-13)20-10(2)17-22-21-12(4)23(17)18/h5-8,10H,1-4H3. The average Bonchev–Trinajstić information content (AvgIpc) is 3.03. The molecule has 0 saturated heterocycles. The van der Waals surface area contributed by atoms with E-state index in [0.717, 1.165) is 27.4 Å². The number of aryl methyl sites for hydroxylation is 2. The number of thiophene rings is 1. The normalized spacial score (nSPS) is 16.4. The summed E-state index contributed by atoms with van der Waals surface area (Å²) in [7, 11) is 0. The van der Waals surface area contributed by atoms with Gasteiger partial charge in [0, 0.05) is 20.5 Å². The molecule has 1 aromatic carbocycles. The lowest BCUT2D eigenvalue weighted by atomic mass is 10.00. The lowest BCUT2D eigenvalue weighted by Crippen LogP contribution is -2.07. The van der Waals surface area contributed by atoms with Crippen molar-refractivity contribution in [1.29, 1.82) is 0 Å². The van der Waals surface area contributed by atoms with Crippen molar-refractivity contribution >= 4 is 33.0 Å². The van der Waals surface area contributed by atoms with Crippen LogP contribution in [0, 0.1) is 20.8 Å². The summed E-state index contributed by atoms with van der Waals surface area (Å²) in [4.78, 5) is 6.33. The highest BCUT2D eigenvalue weighted by Crippen LogP contribution is 2.38. The van der Waals surface area contributed by atoms with Crippen LogP contribution in [0.5, 0.6) is 0 Å². The van der Waals surface area contributed by atoms with E-state index in [1.807, 2.05) is 6.92 Å². The molecule has 2 aromatic heterocycles. The fourth-order valence-electron chi connectivity index (χ4n) is 3.09. The zero-order valence-corrected chi connectivity index (χ0v) is 16.4. The first-order chi connectivity index (χ1) is 11.5. The van der Waals surface area contributed by atoms with Crippen LogP contribution in [0.1, 0.15) is 46.2 Å². The number of aromatic nitrogens is 3. The number of rotatable bonds is 1. The second-order valence-corrected chi connectivity index (χ2v) is 8.18. The van der Waals surface area contributed by atoms with Crippen LogP contribution < -0.4 is 0 Å². The molecular formula is C18H17BrN4S. The van der Waals surface area contributed by atoms with Crippen LogP contribution >= 0.6 is 27.3 Å². The minimum Gasteiger partial charge on any atom is -0.273 e. The van der Waals surface area contributed by atoms with Gasteiger partial charge in [0.1, 0.15) is 16.9 Å². The first-order valence-corrected chi connectivity index (χ1v) is 9.44. The molecule has 0 aliphatic carbocycles. The molecule has 0 spiro atoms. The van der Waals surface area contributed by atoms with Crippen molar-refractivity contribution in [2.45, 2.75) is 33.7 Å². The Labute approximate surface area is 153 Å². The van der Waals surface area contributed by atoms with Gasteiger partial charge in [-0.15, -0.1) is 21.5 Å². The molecule has 1 aliphatic rings. The molecule has 0 N–H and O–H groups in total. The lowest BCUT2D eigenvalue weighted by Gasteiger charge is -2.09. The van der Waals surface area contributed by atoms with E-state index < -0.39 is 0 Å². The predicted octanol–water partition coefficient (Wildman–Crippen LogP) is 4.93. The molecule has 4 rings (SSSR count). The molecule has 0 saturated carbocycles. The monoisotopic (exact) mass is 400 g/mol. The third kappa shape index (κ3) is 2.28. The number of fused-ring (bicyclic) bond motifs is 3. The molecule has 24 heavy (non-hydrogen) atoms. The molecular weight excluding hydrogens is 384 g/mol. The Kier molecular flexibility index (Phi) is 3.69. The van der Waals surface area contributed by atoms with Gasteiger partial charge in [0.05, 0.1) is 5.71 Å². The van der Waals surface area contributed by atoms with Gasteiger partial charge in [0.25, 0.3) is 0 Å². The maximum atomic E-state index is 5.03. The Hall–Kier alpha value is -1.79. The van der Waals surface area contributed by atoms with Crippen molar-refractivity contribution in [2.75, 3.05) is 0 Å². The summed E-state index contributed by atoms with van der Waals surface area (Å²) in [6.45, 7) is 8.42. The zero-order valence-electron chi connectivity index (χ0n) is 14.0. The summed E-state index contributed by atoms with van der Waals surface area (Å²) in [5.74, 6) is 1.81. The van der Waals surface area contributed by atoms with Gasteiger partial charge in [-0.05, 0) is 45.4 Å². The Morgan fingerprint density at radius 1 is 1.08 bits per heavy atom. The molecule has 4 nitrogen and oxygen atoms in total. The minimum atomic E-state index is -0.0378. The molecule has 1 aliphatic heterocycles. The smallest absolute Gasteiger partial charge is 0.162 e. The van der Waals surface area contributed by atoms with Crippen molar-refractivity contribution in [3.8, 4) is 5.00 Å². The molecule has 0 amide bonds. The number of hydrogen-bond donors (Lipinski definition) is 0. The molecule has 6 heteroatoms. The van der Waals surface area contributed by atoms with E-state index in [9.17, 15) is 0 Å². The maximum absolute atomic E-state index is 5.03. The molecule has 122 valence electrons. The van der Waals surface area contributed by atoms with Gasteiger partial charge in [-0.2, -0.15) is 0 Å². The molecule has 1 unspecified atom stereocenters. The fraction of sp³-hybridized carbons (Fsp3) is 0.278. The van der Waals surface area contributed by atoms with Crippen molar-refractivity contribution in [3.63, 3.8) is 0 Å². The van der Waals surface area contributed by atoms with Crippen LogP contribution in [-0.4, -0.2) is 20.5 Å². The summed E-state index contributed by atoms with van der Waals surface area (Å²) in [6.07, 6.45) is 0. The second kappa shape index (κ2) is 5.63.